The second-order valence-electron chi connectivity index (χ2n) is 4.70. The van der Waals surface area contributed by atoms with E-state index in [1.54, 1.807) is 35.2 Å². The smallest absolute Gasteiger partial charge is 0.211 e. The van der Waals surface area contributed by atoms with Gasteiger partial charge < -0.3 is 9.15 Å². The molecule has 25 heavy (non-hydrogen) atoms. The molecule has 6 nitrogen and oxygen atoms in total. The number of thioether (sulfide) groups is 1. The summed E-state index contributed by atoms with van der Waals surface area (Å²) in [5.41, 5.74) is 0. The Balaban J connectivity index is 1.66. The summed E-state index contributed by atoms with van der Waals surface area (Å²) in [6.45, 7) is 0.164. The third kappa shape index (κ3) is 4.49. The van der Waals surface area contributed by atoms with Crippen LogP contribution in [0.1, 0.15) is 11.5 Å². The normalized spacial score (nSPS) is 11.4. The van der Waals surface area contributed by atoms with Crippen molar-refractivity contribution in [3.63, 3.8) is 0 Å². The maximum atomic E-state index is 6.08. The summed E-state index contributed by atoms with van der Waals surface area (Å²) in [5, 5.41) is 13.7. The maximum Gasteiger partial charge on any atom is 0.211 e. The van der Waals surface area contributed by atoms with Crippen LogP contribution in [0.5, 0.6) is 5.75 Å². The van der Waals surface area contributed by atoms with Gasteiger partial charge in [-0.05, 0) is 30.5 Å². The summed E-state index contributed by atoms with van der Waals surface area (Å²) in [6.07, 6.45) is 4.97. The van der Waals surface area contributed by atoms with E-state index < -0.39 is 0 Å². The van der Waals surface area contributed by atoms with Crippen LogP contribution in [0.15, 0.2) is 45.3 Å². The molecule has 0 aliphatic heterocycles. The molecule has 0 fully saturated rings. The van der Waals surface area contributed by atoms with Crippen molar-refractivity contribution in [1.82, 2.24) is 14.9 Å². The molecule has 0 aliphatic carbocycles. The highest BCUT2D eigenvalue weighted by atomic mass is 35.5. The quantitative estimate of drug-likeness (QED) is 0.416. The van der Waals surface area contributed by atoms with Crippen LogP contribution < -0.4 is 4.74 Å². The number of benzene rings is 1. The van der Waals surface area contributed by atoms with Crippen LogP contribution >= 0.6 is 46.6 Å². The number of rotatable bonds is 6. The molecular weight excluding hydrogens is 407 g/mol. The third-order valence-corrected chi connectivity index (χ3v) is 4.41. The molecule has 0 spiro atoms. The molecule has 0 unspecified atom stereocenters. The van der Waals surface area contributed by atoms with Crippen LogP contribution in [-0.2, 0) is 6.61 Å². The Morgan fingerprint density at radius 3 is 2.76 bits per heavy atom. The molecule has 0 amide bonds. The topological polar surface area (TPSA) is 65.4 Å². The Labute approximate surface area is 162 Å². The van der Waals surface area contributed by atoms with Gasteiger partial charge in [-0.25, -0.2) is 0 Å². The van der Waals surface area contributed by atoms with E-state index >= 15 is 0 Å². The van der Waals surface area contributed by atoms with Crippen molar-refractivity contribution in [3.8, 4) is 5.75 Å². The molecule has 3 aromatic rings. The van der Waals surface area contributed by atoms with Gasteiger partial charge in [0.2, 0.25) is 5.16 Å². The second-order valence-corrected chi connectivity index (χ2v) is 6.72. The van der Waals surface area contributed by atoms with Gasteiger partial charge in [0.25, 0.3) is 0 Å². The lowest BCUT2D eigenvalue weighted by atomic mass is 10.3. The van der Waals surface area contributed by atoms with Crippen molar-refractivity contribution in [3.05, 3.63) is 57.2 Å². The first-order valence-electron chi connectivity index (χ1n) is 6.91. The minimum atomic E-state index is 0.164. The molecule has 0 saturated carbocycles. The highest BCUT2D eigenvalue weighted by Gasteiger charge is 2.10. The molecular formula is C15H11Cl3N4O2S. The zero-order valence-corrected chi connectivity index (χ0v) is 15.9. The molecule has 0 atom stereocenters. The highest BCUT2D eigenvalue weighted by Crippen LogP contribution is 2.36. The van der Waals surface area contributed by atoms with Gasteiger partial charge >= 0.3 is 0 Å². The molecule has 0 N–H and O–H groups in total. The largest absolute Gasteiger partial charge is 0.483 e. The molecule has 0 aliphatic rings. The lowest BCUT2D eigenvalue weighted by Crippen LogP contribution is -1.95. The number of hydrogen-bond acceptors (Lipinski definition) is 6. The van der Waals surface area contributed by atoms with Crippen molar-refractivity contribution >= 4 is 52.8 Å². The van der Waals surface area contributed by atoms with Gasteiger partial charge in [0, 0.05) is 5.02 Å². The van der Waals surface area contributed by atoms with E-state index in [-0.39, 0.29) is 6.61 Å². The molecule has 0 bridgehead atoms. The lowest BCUT2D eigenvalue weighted by molar-refractivity contribution is 0.270. The maximum absolute atomic E-state index is 6.08. The van der Waals surface area contributed by atoms with Crippen molar-refractivity contribution in [2.75, 3.05) is 6.26 Å². The average molecular weight is 418 g/mol. The van der Waals surface area contributed by atoms with E-state index in [0.29, 0.717) is 37.5 Å². The van der Waals surface area contributed by atoms with Gasteiger partial charge in [0.1, 0.15) is 24.5 Å². The third-order valence-electron chi connectivity index (χ3n) is 3.00. The number of hydrogen-bond donors (Lipinski definition) is 0. The zero-order valence-electron chi connectivity index (χ0n) is 12.8. The van der Waals surface area contributed by atoms with Crippen molar-refractivity contribution in [2.24, 2.45) is 5.10 Å². The van der Waals surface area contributed by atoms with Gasteiger partial charge in [-0.2, -0.15) is 9.78 Å². The Morgan fingerprint density at radius 1 is 1.28 bits per heavy atom. The van der Waals surface area contributed by atoms with Crippen molar-refractivity contribution in [2.45, 2.75) is 11.8 Å². The number of nitrogens with zero attached hydrogens (tertiary/aromatic N) is 4. The van der Waals surface area contributed by atoms with Gasteiger partial charge in [-0.1, -0.05) is 46.6 Å². The summed E-state index contributed by atoms with van der Waals surface area (Å²) < 4.78 is 12.8. The van der Waals surface area contributed by atoms with Crippen LogP contribution in [0.3, 0.4) is 0 Å². The summed E-state index contributed by atoms with van der Waals surface area (Å²) in [4.78, 5) is 0. The van der Waals surface area contributed by atoms with E-state index in [2.05, 4.69) is 15.3 Å². The second kappa shape index (κ2) is 8.14. The number of aromatic nitrogens is 3. The zero-order chi connectivity index (χ0) is 17.8. The van der Waals surface area contributed by atoms with E-state index in [1.807, 2.05) is 6.26 Å². The fourth-order valence-corrected chi connectivity index (χ4v) is 3.24. The average Bonchev–Trinajstić information content (AvgIpc) is 3.20. The molecule has 2 heterocycles. The van der Waals surface area contributed by atoms with Crippen LogP contribution in [0.2, 0.25) is 15.1 Å². The number of ether oxygens (including phenoxy) is 1. The fraction of sp³-hybridized carbons (Fsp3) is 0.133. The molecule has 2 aromatic heterocycles. The summed E-state index contributed by atoms with van der Waals surface area (Å²) >= 11 is 19.5. The van der Waals surface area contributed by atoms with Crippen LogP contribution in [0.25, 0.3) is 0 Å². The van der Waals surface area contributed by atoms with E-state index in [9.17, 15) is 0 Å². The van der Waals surface area contributed by atoms with Crippen molar-refractivity contribution in [1.29, 1.82) is 0 Å². The Hall–Kier alpha value is -1.67. The standard InChI is InChI=1S/C15H11Cl3N4O2S/c1-25-15-21-19-8-22(15)20-6-10-2-3-11(24-10)7-23-14-12(17)4-9(16)5-13(14)18/h2-6,8H,7H2,1H3. The number of halogens is 3. The van der Waals surface area contributed by atoms with Crippen LogP contribution in [0.4, 0.5) is 0 Å². The van der Waals surface area contributed by atoms with E-state index in [1.165, 1.54) is 18.1 Å². The lowest BCUT2D eigenvalue weighted by Gasteiger charge is -2.08. The Bertz CT molecular complexity index is 887. The first-order valence-corrected chi connectivity index (χ1v) is 9.27. The summed E-state index contributed by atoms with van der Waals surface area (Å²) in [7, 11) is 0. The van der Waals surface area contributed by atoms with Gasteiger partial charge in [0.05, 0.1) is 16.3 Å². The molecule has 1 aromatic carbocycles. The number of furan rings is 1. The van der Waals surface area contributed by atoms with E-state index in [4.69, 9.17) is 44.0 Å². The van der Waals surface area contributed by atoms with Crippen LogP contribution in [0, 0.1) is 0 Å². The van der Waals surface area contributed by atoms with Gasteiger partial charge in [-0.15, -0.1) is 10.2 Å². The van der Waals surface area contributed by atoms with Crippen molar-refractivity contribution < 1.29 is 9.15 Å². The Kier molecular flexibility index (Phi) is 5.90. The van der Waals surface area contributed by atoms with Gasteiger partial charge in [-0.3, -0.25) is 0 Å². The first-order chi connectivity index (χ1) is 12.1. The monoisotopic (exact) mass is 416 g/mol. The SMILES string of the molecule is CSc1nncn1N=Cc1ccc(COc2c(Cl)cc(Cl)cc2Cl)o1. The summed E-state index contributed by atoms with van der Waals surface area (Å²) in [5.74, 6) is 1.51. The Morgan fingerprint density at radius 2 is 2.04 bits per heavy atom. The van der Waals surface area contributed by atoms with Gasteiger partial charge in [0.15, 0.2) is 5.75 Å². The predicted octanol–water partition coefficient (Wildman–Crippen LogP) is 5.01. The molecule has 0 radical (unpaired) electrons. The molecule has 3 rings (SSSR count). The predicted molar refractivity (Wildman–Crippen MR) is 99.3 cm³/mol. The molecule has 10 heteroatoms. The van der Waals surface area contributed by atoms with E-state index in [0.717, 1.165) is 0 Å². The first kappa shape index (κ1) is 18.1. The van der Waals surface area contributed by atoms with Crippen LogP contribution in [-0.4, -0.2) is 27.3 Å². The molecule has 0 saturated heterocycles. The fourth-order valence-electron chi connectivity index (χ4n) is 1.90. The minimum Gasteiger partial charge on any atom is -0.483 e. The highest BCUT2D eigenvalue weighted by molar-refractivity contribution is 7.98. The minimum absolute atomic E-state index is 0.164. The molecule has 130 valence electrons. The summed E-state index contributed by atoms with van der Waals surface area (Å²) in [6, 6.07) is 6.68.